The van der Waals surface area contributed by atoms with Gasteiger partial charge in [-0.3, -0.25) is 4.79 Å². The minimum Gasteiger partial charge on any atom is -0.377 e. The summed E-state index contributed by atoms with van der Waals surface area (Å²) in [6.45, 7) is 1.85. The fourth-order valence-electron chi connectivity index (χ4n) is 1.67. The summed E-state index contributed by atoms with van der Waals surface area (Å²) in [5, 5.41) is 9.48. The van der Waals surface area contributed by atoms with Gasteiger partial charge in [-0.2, -0.15) is 5.10 Å². The van der Waals surface area contributed by atoms with Crippen LogP contribution in [-0.2, 0) is 13.1 Å². The van der Waals surface area contributed by atoms with Gasteiger partial charge >= 0.3 is 0 Å². The van der Waals surface area contributed by atoms with Crippen LogP contribution in [0.15, 0.2) is 26.9 Å². The molecule has 0 aliphatic carbocycles. The van der Waals surface area contributed by atoms with E-state index in [0.29, 0.717) is 18.8 Å². The van der Waals surface area contributed by atoms with Crippen LogP contribution in [0, 0.1) is 0 Å². The maximum Gasteiger partial charge on any atom is 0.287 e. The number of halogens is 2. The molecule has 114 valence electrons. The third kappa shape index (κ3) is 4.29. The fraction of sp³-hybridized carbons (Fsp3) is 0.385. The van der Waals surface area contributed by atoms with Crippen molar-refractivity contribution >= 4 is 44.6 Å². The first-order chi connectivity index (χ1) is 9.99. The highest BCUT2D eigenvalue weighted by Gasteiger charge is 2.10. The Morgan fingerprint density at radius 1 is 1.52 bits per heavy atom. The van der Waals surface area contributed by atoms with Gasteiger partial charge in [0, 0.05) is 15.9 Å². The molecule has 0 fully saturated rings. The van der Waals surface area contributed by atoms with Crippen molar-refractivity contribution < 1.29 is 0 Å². The molecule has 0 bridgehead atoms. The molecule has 0 amide bonds. The summed E-state index contributed by atoms with van der Waals surface area (Å²) in [5.74, 6) is 0. The Labute approximate surface area is 140 Å². The molecule has 5 nitrogen and oxygen atoms in total. The van der Waals surface area contributed by atoms with Crippen molar-refractivity contribution in [3.8, 4) is 0 Å². The number of aromatic nitrogens is 2. The van der Waals surface area contributed by atoms with Crippen molar-refractivity contribution in [2.45, 2.75) is 13.1 Å². The first-order valence-corrected chi connectivity index (χ1v) is 8.40. The number of likely N-dealkylation sites (N-methyl/N-ethyl adjacent to an activating group) is 1. The second kappa shape index (κ2) is 7.40. The molecule has 0 saturated carbocycles. The Balaban J connectivity index is 2.09. The van der Waals surface area contributed by atoms with E-state index in [2.05, 4.69) is 26.3 Å². The summed E-state index contributed by atoms with van der Waals surface area (Å²) in [4.78, 5) is 15.3. The highest BCUT2D eigenvalue weighted by Crippen LogP contribution is 2.24. The minimum atomic E-state index is -0.270. The maximum atomic E-state index is 12.1. The van der Waals surface area contributed by atoms with E-state index >= 15 is 0 Å². The Kier molecular flexibility index (Phi) is 5.80. The van der Waals surface area contributed by atoms with Gasteiger partial charge in [0.15, 0.2) is 0 Å². The molecular weight excluding hydrogens is 376 g/mol. The van der Waals surface area contributed by atoms with Gasteiger partial charge in [-0.25, -0.2) is 4.68 Å². The Morgan fingerprint density at radius 2 is 2.29 bits per heavy atom. The summed E-state index contributed by atoms with van der Waals surface area (Å²) in [6, 6.07) is 1.99. The number of nitrogens with one attached hydrogen (secondary N) is 1. The third-order valence-corrected chi connectivity index (χ3v) is 5.17. The summed E-state index contributed by atoms with van der Waals surface area (Å²) >= 11 is 11.2. The lowest BCUT2D eigenvalue weighted by Gasteiger charge is -2.12. The molecule has 0 radical (unpaired) electrons. The van der Waals surface area contributed by atoms with Crippen molar-refractivity contribution in [1.29, 1.82) is 0 Å². The standard InChI is InChI=1S/C13H16BrClN4OS/c1-18(2)4-5-19-13(20)12(15)10(7-17-19)16-8-11-9(14)3-6-21-11/h3,6-7,16H,4-5,8H2,1-2H3. The van der Waals surface area contributed by atoms with Crippen molar-refractivity contribution in [2.75, 3.05) is 26.0 Å². The number of nitrogens with zero attached hydrogens (tertiary/aromatic N) is 3. The smallest absolute Gasteiger partial charge is 0.287 e. The second-order valence-electron chi connectivity index (χ2n) is 4.75. The molecule has 0 aromatic carbocycles. The normalized spacial score (nSPS) is 11.1. The van der Waals surface area contributed by atoms with E-state index in [9.17, 15) is 4.79 Å². The van der Waals surface area contributed by atoms with Crippen LogP contribution in [0.2, 0.25) is 5.02 Å². The van der Waals surface area contributed by atoms with Crippen LogP contribution < -0.4 is 10.9 Å². The molecule has 0 atom stereocenters. The molecule has 21 heavy (non-hydrogen) atoms. The molecule has 2 rings (SSSR count). The van der Waals surface area contributed by atoms with Crippen LogP contribution in [0.25, 0.3) is 0 Å². The largest absolute Gasteiger partial charge is 0.377 e. The Morgan fingerprint density at radius 3 is 2.90 bits per heavy atom. The van der Waals surface area contributed by atoms with Gasteiger partial charge in [-0.15, -0.1) is 11.3 Å². The van der Waals surface area contributed by atoms with E-state index in [1.807, 2.05) is 30.4 Å². The molecule has 0 unspecified atom stereocenters. The monoisotopic (exact) mass is 390 g/mol. The molecule has 0 spiro atoms. The molecule has 0 aliphatic rings. The highest BCUT2D eigenvalue weighted by molar-refractivity contribution is 9.10. The number of hydrogen-bond acceptors (Lipinski definition) is 5. The average molecular weight is 392 g/mol. The lowest BCUT2D eigenvalue weighted by Crippen LogP contribution is -2.29. The number of hydrogen-bond donors (Lipinski definition) is 1. The van der Waals surface area contributed by atoms with E-state index in [-0.39, 0.29) is 10.6 Å². The molecule has 0 saturated heterocycles. The summed E-state index contributed by atoms with van der Waals surface area (Å²) < 4.78 is 2.43. The van der Waals surface area contributed by atoms with E-state index in [1.165, 1.54) is 4.68 Å². The number of anilines is 1. The van der Waals surface area contributed by atoms with Crippen LogP contribution in [0.5, 0.6) is 0 Å². The van der Waals surface area contributed by atoms with Gasteiger partial charge in [-0.05, 0) is 41.5 Å². The zero-order chi connectivity index (χ0) is 15.4. The van der Waals surface area contributed by atoms with E-state index in [0.717, 1.165) is 15.9 Å². The predicted octanol–water partition coefficient (Wildman–Crippen LogP) is 2.89. The zero-order valence-electron chi connectivity index (χ0n) is 11.8. The predicted molar refractivity (Wildman–Crippen MR) is 91.4 cm³/mol. The molecule has 2 aromatic rings. The summed E-state index contributed by atoms with van der Waals surface area (Å²) in [5.41, 5.74) is 0.289. The van der Waals surface area contributed by atoms with Crippen LogP contribution in [-0.4, -0.2) is 35.3 Å². The molecule has 0 aliphatic heterocycles. The average Bonchev–Trinajstić information content (AvgIpc) is 2.85. The first kappa shape index (κ1) is 16.5. The molecule has 2 aromatic heterocycles. The number of rotatable bonds is 6. The lowest BCUT2D eigenvalue weighted by atomic mass is 10.4. The van der Waals surface area contributed by atoms with Gasteiger partial charge in [0.25, 0.3) is 5.56 Å². The van der Waals surface area contributed by atoms with Gasteiger partial charge in [0.05, 0.1) is 25.0 Å². The Hall–Kier alpha value is -0.890. The second-order valence-corrected chi connectivity index (χ2v) is 6.98. The van der Waals surface area contributed by atoms with Crippen LogP contribution in [0.1, 0.15) is 4.88 Å². The number of thiophene rings is 1. The third-order valence-electron chi connectivity index (χ3n) is 2.87. The molecule has 2 heterocycles. The quantitative estimate of drug-likeness (QED) is 0.822. The van der Waals surface area contributed by atoms with Crippen molar-refractivity contribution in [3.63, 3.8) is 0 Å². The van der Waals surface area contributed by atoms with Crippen LogP contribution >= 0.6 is 38.9 Å². The lowest BCUT2D eigenvalue weighted by molar-refractivity contribution is 0.367. The van der Waals surface area contributed by atoms with Gasteiger partial charge < -0.3 is 10.2 Å². The minimum absolute atomic E-state index is 0.177. The molecule has 1 N–H and O–H groups in total. The topological polar surface area (TPSA) is 50.2 Å². The SMILES string of the molecule is CN(C)CCn1ncc(NCc2sccc2Br)c(Cl)c1=O. The van der Waals surface area contributed by atoms with E-state index in [1.54, 1.807) is 17.5 Å². The zero-order valence-corrected chi connectivity index (χ0v) is 14.9. The highest BCUT2D eigenvalue weighted by atomic mass is 79.9. The van der Waals surface area contributed by atoms with E-state index in [4.69, 9.17) is 11.6 Å². The summed E-state index contributed by atoms with van der Waals surface area (Å²) in [6.07, 6.45) is 1.60. The Bertz CT molecular complexity index is 670. The fourth-order valence-corrected chi connectivity index (χ4v) is 3.31. The molecular formula is C13H16BrClN4OS. The van der Waals surface area contributed by atoms with Gasteiger partial charge in [-0.1, -0.05) is 11.6 Å². The van der Waals surface area contributed by atoms with E-state index < -0.39 is 0 Å². The van der Waals surface area contributed by atoms with Crippen LogP contribution in [0.3, 0.4) is 0 Å². The van der Waals surface area contributed by atoms with Crippen molar-refractivity contribution in [1.82, 2.24) is 14.7 Å². The van der Waals surface area contributed by atoms with Crippen molar-refractivity contribution in [3.05, 3.63) is 42.4 Å². The van der Waals surface area contributed by atoms with Crippen LogP contribution in [0.4, 0.5) is 5.69 Å². The van der Waals surface area contributed by atoms with Gasteiger partial charge in [0.2, 0.25) is 0 Å². The maximum absolute atomic E-state index is 12.1. The first-order valence-electron chi connectivity index (χ1n) is 6.35. The molecule has 8 heteroatoms. The summed E-state index contributed by atoms with van der Waals surface area (Å²) in [7, 11) is 3.89. The van der Waals surface area contributed by atoms with Crippen molar-refractivity contribution in [2.24, 2.45) is 0 Å². The van der Waals surface area contributed by atoms with Gasteiger partial charge in [0.1, 0.15) is 5.02 Å².